The Morgan fingerprint density at radius 3 is 2.35 bits per heavy atom. The molecule has 3 heterocycles. The van der Waals surface area contributed by atoms with Crippen LogP contribution in [0.15, 0.2) is 36.8 Å². The maximum atomic E-state index is 5.97. The molecule has 6 nitrogen and oxygen atoms in total. The normalized spacial score (nSPS) is 16.3. The lowest BCUT2D eigenvalue weighted by atomic mass is 10.3. The van der Waals surface area contributed by atoms with Gasteiger partial charge in [-0.15, -0.1) is 0 Å². The van der Waals surface area contributed by atoms with Crippen molar-refractivity contribution in [2.75, 3.05) is 36.8 Å². The first-order valence-corrected chi connectivity index (χ1v) is 6.76. The monoisotopic (exact) mass is 270 g/mol. The Morgan fingerprint density at radius 2 is 1.65 bits per heavy atom. The molecule has 6 heteroatoms. The maximum absolute atomic E-state index is 5.97. The zero-order valence-corrected chi connectivity index (χ0v) is 11.3. The topological polar surface area (TPSA) is 71.2 Å². The quantitative estimate of drug-likeness (QED) is 0.888. The number of anilines is 2. The second kappa shape index (κ2) is 5.83. The van der Waals surface area contributed by atoms with Crippen LogP contribution in [-0.4, -0.2) is 46.0 Å². The lowest BCUT2D eigenvalue weighted by Gasteiger charge is -2.35. The molecule has 1 saturated heterocycles. The lowest BCUT2D eigenvalue weighted by molar-refractivity contribution is 0.243. The van der Waals surface area contributed by atoms with Gasteiger partial charge in [0.2, 0.25) is 0 Å². The highest BCUT2D eigenvalue weighted by Gasteiger charge is 2.19. The SMILES string of the molecule is Nc1cccnc1N1CCN(Cc2ncccn2)CC1. The predicted octanol–water partition coefficient (Wildman–Crippen LogP) is 0.776. The van der Waals surface area contributed by atoms with Crippen LogP contribution >= 0.6 is 0 Å². The fraction of sp³-hybridized carbons (Fsp3) is 0.357. The third-order valence-corrected chi connectivity index (χ3v) is 3.47. The minimum atomic E-state index is 0.743. The molecule has 3 rings (SSSR count). The fourth-order valence-corrected chi connectivity index (χ4v) is 2.40. The molecule has 1 aliphatic heterocycles. The zero-order chi connectivity index (χ0) is 13.8. The summed E-state index contributed by atoms with van der Waals surface area (Å²) in [6, 6.07) is 5.60. The van der Waals surface area contributed by atoms with Gasteiger partial charge >= 0.3 is 0 Å². The average Bonchev–Trinajstić information content (AvgIpc) is 2.50. The summed E-state index contributed by atoms with van der Waals surface area (Å²) in [5, 5.41) is 0. The van der Waals surface area contributed by atoms with Gasteiger partial charge in [-0.25, -0.2) is 15.0 Å². The van der Waals surface area contributed by atoms with Crippen LogP contribution < -0.4 is 10.6 Å². The molecule has 0 aromatic carbocycles. The van der Waals surface area contributed by atoms with Crippen LogP contribution in [0.3, 0.4) is 0 Å². The molecule has 2 aromatic rings. The zero-order valence-electron chi connectivity index (χ0n) is 11.3. The molecule has 1 aliphatic rings. The van der Waals surface area contributed by atoms with E-state index < -0.39 is 0 Å². The molecule has 0 aliphatic carbocycles. The Balaban J connectivity index is 1.59. The highest BCUT2D eigenvalue weighted by molar-refractivity contribution is 5.62. The van der Waals surface area contributed by atoms with Crippen LogP contribution in [0.25, 0.3) is 0 Å². The van der Waals surface area contributed by atoms with Crippen LogP contribution in [0.4, 0.5) is 11.5 Å². The van der Waals surface area contributed by atoms with Crippen LogP contribution in [0.5, 0.6) is 0 Å². The summed E-state index contributed by atoms with van der Waals surface area (Å²) < 4.78 is 0. The second-order valence-corrected chi connectivity index (χ2v) is 4.84. The molecular formula is C14H18N6. The number of piperazine rings is 1. The van der Waals surface area contributed by atoms with Crippen LogP contribution in [0, 0.1) is 0 Å². The first-order chi connectivity index (χ1) is 9.83. The maximum Gasteiger partial charge on any atom is 0.151 e. The largest absolute Gasteiger partial charge is 0.396 e. The van der Waals surface area contributed by atoms with Crippen molar-refractivity contribution in [1.82, 2.24) is 19.9 Å². The van der Waals surface area contributed by atoms with Gasteiger partial charge in [0.25, 0.3) is 0 Å². The molecule has 20 heavy (non-hydrogen) atoms. The first-order valence-electron chi connectivity index (χ1n) is 6.76. The number of pyridine rings is 1. The summed E-state index contributed by atoms with van der Waals surface area (Å²) in [6.45, 7) is 4.58. The van der Waals surface area contributed by atoms with E-state index in [2.05, 4.69) is 24.8 Å². The van der Waals surface area contributed by atoms with E-state index in [1.807, 2.05) is 18.2 Å². The van der Waals surface area contributed by atoms with Gasteiger partial charge < -0.3 is 10.6 Å². The second-order valence-electron chi connectivity index (χ2n) is 4.84. The van der Waals surface area contributed by atoms with Crippen LogP contribution in [0.2, 0.25) is 0 Å². The van der Waals surface area contributed by atoms with E-state index in [1.165, 1.54) is 0 Å². The van der Waals surface area contributed by atoms with Gasteiger partial charge in [-0.05, 0) is 18.2 Å². The van der Waals surface area contributed by atoms with E-state index in [1.54, 1.807) is 18.6 Å². The Labute approximate surface area is 118 Å². The summed E-state index contributed by atoms with van der Waals surface area (Å²) in [4.78, 5) is 17.5. The van der Waals surface area contributed by atoms with E-state index in [9.17, 15) is 0 Å². The molecule has 0 saturated carbocycles. The summed E-state index contributed by atoms with van der Waals surface area (Å²) in [5.74, 6) is 1.77. The molecule has 0 bridgehead atoms. The van der Waals surface area contributed by atoms with Gasteiger partial charge in [0, 0.05) is 44.8 Å². The lowest BCUT2D eigenvalue weighted by Crippen LogP contribution is -2.46. The highest BCUT2D eigenvalue weighted by Crippen LogP contribution is 2.20. The molecule has 1 fully saturated rings. The number of aromatic nitrogens is 3. The van der Waals surface area contributed by atoms with Crippen LogP contribution in [-0.2, 0) is 6.54 Å². The van der Waals surface area contributed by atoms with Gasteiger partial charge in [-0.2, -0.15) is 0 Å². The number of nitrogens with zero attached hydrogens (tertiary/aromatic N) is 5. The highest BCUT2D eigenvalue weighted by atomic mass is 15.3. The third-order valence-electron chi connectivity index (χ3n) is 3.47. The summed E-state index contributed by atoms with van der Waals surface area (Å²) >= 11 is 0. The number of hydrogen-bond acceptors (Lipinski definition) is 6. The van der Waals surface area contributed by atoms with Crippen molar-refractivity contribution in [1.29, 1.82) is 0 Å². The molecule has 0 amide bonds. The van der Waals surface area contributed by atoms with Crippen molar-refractivity contribution in [3.8, 4) is 0 Å². The van der Waals surface area contributed by atoms with Gasteiger partial charge in [-0.1, -0.05) is 0 Å². The summed E-state index contributed by atoms with van der Waals surface area (Å²) in [6.07, 6.45) is 5.36. The Bertz CT molecular complexity index is 551. The smallest absolute Gasteiger partial charge is 0.151 e. The molecule has 104 valence electrons. The van der Waals surface area contributed by atoms with E-state index in [0.717, 1.165) is 50.1 Å². The number of hydrogen-bond donors (Lipinski definition) is 1. The molecule has 0 radical (unpaired) electrons. The minimum Gasteiger partial charge on any atom is -0.396 e. The van der Waals surface area contributed by atoms with Crippen molar-refractivity contribution in [2.24, 2.45) is 0 Å². The van der Waals surface area contributed by atoms with Gasteiger partial charge in [-0.3, -0.25) is 4.90 Å². The number of nitrogen functional groups attached to an aromatic ring is 1. The van der Waals surface area contributed by atoms with Gasteiger partial charge in [0.1, 0.15) is 5.82 Å². The Hall–Kier alpha value is -2.21. The van der Waals surface area contributed by atoms with Crippen molar-refractivity contribution in [3.05, 3.63) is 42.6 Å². The number of rotatable bonds is 3. The van der Waals surface area contributed by atoms with Crippen molar-refractivity contribution in [2.45, 2.75) is 6.54 Å². The van der Waals surface area contributed by atoms with E-state index in [0.29, 0.717) is 0 Å². The van der Waals surface area contributed by atoms with Crippen molar-refractivity contribution < 1.29 is 0 Å². The standard InChI is InChI=1S/C14H18N6/c15-12-3-1-4-18-14(12)20-9-7-19(8-10-20)11-13-16-5-2-6-17-13/h1-6H,7-11,15H2. The van der Waals surface area contributed by atoms with E-state index >= 15 is 0 Å². The van der Waals surface area contributed by atoms with E-state index in [4.69, 9.17) is 5.73 Å². The summed E-state index contributed by atoms with van der Waals surface area (Å²) in [5.41, 5.74) is 6.71. The van der Waals surface area contributed by atoms with Crippen LogP contribution in [0.1, 0.15) is 5.82 Å². The molecule has 2 N–H and O–H groups in total. The first kappa shape index (κ1) is 12.8. The molecule has 0 unspecified atom stereocenters. The molecule has 0 spiro atoms. The third kappa shape index (κ3) is 2.85. The summed E-state index contributed by atoms with van der Waals surface area (Å²) in [7, 11) is 0. The fourth-order valence-electron chi connectivity index (χ4n) is 2.40. The predicted molar refractivity (Wildman–Crippen MR) is 78.2 cm³/mol. The number of nitrogens with two attached hydrogens (primary N) is 1. The van der Waals surface area contributed by atoms with Gasteiger partial charge in [0.05, 0.1) is 12.2 Å². The minimum absolute atomic E-state index is 0.743. The van der Waals surface area contributed by atoms with Gasteiger partial charge in [0.15, 0.2) is 5.82 Å². The molecule has 2 aromatic heterocycles. The molecule has 0 atom stereocenters. The van der Waals surface area contributed by atoms with E-state index in [-0.39, 0.29) is 0 Å². The molecular weight excluding hydrogens is 252 g/mol. The Kier molecular flexibility index (Phi) is 3.73. The van der Waals surface area contributed by atoms with Crippen molar-refractivity contribution >= 4 is 11.5 Å². The van der Waals surface area contributed by atoms with Crippen molar-refractivity contribution in [3.63, 3.8) is 0 Å². The average molecular weight is 270 g/mol. The Morgan fingerprint density at radius 1 is 0.950 bits per heavy atom.